The lowest BCUT2D eigenvalue weighted by Gasteiger charge is -2.09. The highest BCUT2D eigenvalue weighted by Crippen LogP contribution is 2.24. The second kappa shape index (κ2) is 3.97. The lowest BCUT2D eigenvalue weighted by molar-refractivity contribution is -0.138. The van der Waals surface area contributed by atoms with Gasteiger partial charge in [0.25, 0.3) is 0 Å². The van der Waals surface area contributed by atoms with Crippen molar-refractivity contribution in [2.24, 2.45) is 5.73 Å². The zero-order valence-electron chi connectivity index (χ0n) is 7.47. The number of rotatable bonds is 3. The molecule has 0 heterocycles. The summed E-state index contributed by atoms with van der Waals surface area (Å²) in [4.78, 5) is 10.5. The molecular weight excluding hydrogens is 184 g/mol. The van der Waals surface area contributed by atoms with Crippen LogP contribution in [-0.2, 0) is 11.2 Å². The minimum atomic E-state index is -1.09. The van der Waals surface area contributed by atoms with Crippen molar-refractivity contribution in [3.8, 4) is 5.75 Å². The average molecular weight is 196 g/mol. The molecule has 0 amide bonds. The van der Waals surface area contributed by atoms with Crippen LogP contribution in [0, 0.1) is 0 Å². The minimum Gasteiger partial charge on any atom is -0.506 e. The van der Waals surface area contributed by atoms with Gasteiger partial charge in [0.15, 0.2) is 0 Å². The highest BCUT2D eigenvalue weighted by Gasteiger charge is 2.14. The van der Waals surface area contributed by atoms with E-state index in [4.69, 9.17) is 16.6 Å². The van der Waals surface area contributed by atoms with Crippen LogP contribution in [-0.4, -0.2) is 22.2 Å². The monoisotopic (exact) mass is 196 g/mol. The van der Waals surface area contributed by atoms with E-state index in [1.54, 1.807) is 12.1 Å². The number of benzene rings is 1. The Morgan fingerprint density at radius 1 is 1.50 bits per heavy atom. The summed E-state index contributed by atoms with van der Waals surface area (Å²) < 4.78 is 0. The van der Waals surface area contributed by atoms with Crippen LogP contribution in [0.3, 0.4) is 0 Å². The van der Waals surface area contributed by atoms with Crippen molar-refractivity contribution in [1.29, 1.82) is 0 Å². The first-order valence-electron chi connectivity index (χ1n) is 4.07. The molecule has 1 aromatic carbocycles. The van der Waals surface area contributed by atoms with Crippen molar-refractivity contribution in [2.75, 3.05) is 5.73 Å². The van der Waals surface area contributed by atoms with Gasteiger partial charge < -0.3 is 21.7 Å². The van der Waals surface area contributed by atoms with Gasteiger partial charge in [0, 0.05) is 6.42 Å². The van der Waals surface area contributed by atoms with E-state index in [1.165, 1.54) is 6.07 Å². The number of nitrogen functional groups attached to an aromatic ring is 1. The summed E-state index contributed by atoms with van der Waals surface area (Å²) in [7, 11) is 0. The fraction of sp³-hybridized carbons (Fsp3) is 0.222. The number of aromatic hydroxyl groups is 1. The van der Waals surface area contributed by atoms with Crippen molar-refractivity contribution in [2.45, 2.75) is 12.5 Å². The van der Waals surface area contributed by atoms with E-state index < -0.39 is 12.0 Å². The highest BCUT2D eigenvalue weighted by atomic mass is 16.4. The molecule has 14 heavy (non-hydrogen) atoms. The Bertz CT molecular complexity index is 352. The van der Waals surface area contributed by atoms with E-state index >= 15 is 0 Å². The molecule has 0 saturated carbocycles. The van der Waals surface area contributed by atoms with E-state index in [1.807, 2.05) is 0 Å². The molecule has 0 aromatic heterocycles. The summed E-state index contributed by atoms with van der Waals surface area (Å²) in [5.74, 6) is -1.15. The fourth-order valence-electron chi connectivity index (χ4n) is 1.10. The van der Waals surface area contributed by atoms with E-state index in [9.17, 15) is 9.90 Å². The Morgan fingerprint density at radius 2 is 2.14 bits per heavy atom. The molecule has 0 radical (unpaired) electrons. The molecule has 0 saturated heterocycles. The number of para-hydroxylation sites is 1. The van der Waals surface area contributed by atoms with Gasteiger partial charge in [0.1, 0.15) is 11.8 Å². The van der Waals surface area contributed by atoms with Crippen LogP contribution in [0.25, 0.3) is 0 Å². The van der Waals surface area contributed by atoms with Crippen molar-refractivity contribution < 1.29 is 15.0 Å². The first-order valence-corrected chi connectivity index (χ1v) is 4.07. The van der Waals surface area contributed by atoms with Gasteiger partial charge in [-0.05, 0) is 11.6 Å². The van der Waals surface area contributed by atoms with Crippen LogP contribution in [0.1, 0.15) is 5.56 Å². The number of anilines is 1. The van der Waals surface area contributed by atoms with E-state index in [2.05, 4.69) is 0 Å². The van der Waals surface area contributed by atoms with Crippen LogP contribution in [0.5, 0.6) is 5.75 Å². The van der Waals surface area contributed by atoms with Crippen molar-refractivity contribution >= 4 is 11.7 Å². The normalized spacial score (nSPS) is 12.4. The molecule has 0 spiro atoms. The largest absolute Gasteiger partial charge is 0.506 e. The highest BCUT2D eigenvalue weighted by molar-refractivity contribution is 5.74. The maximum atomic E-state index is 10.5. The molecule has 1 atom stereocenters. The van der Waals surface area contributed by atoms with Gasteiger partial charge in [-0.15, -0.1) is 0 Å². The summed E-state index contributed by atoms with van der Waals surface area (Å²) in [6, 6.07) is 3.66. The van der Waals surface area contributed by atoms with Gasteiger partial charge in [0.05, 0.1) is 5.69 Å². The van der Waals surface area contributed by atoms with Crippen LogP contribution >= 0.6 is 0 Å². The maximum absolute atomic E-state index is 10.5. The molecule has 1 rings (SSSR count). The topological polar surface area (TPSA) is 110 Å². The van der Waals surface area contributed by atoms with Crippen LogP contribution in [0.4, 0.5) is 5.69 Å². The average Bonchev–Trinajstić information content (AvgIpc) is 2.12. The molecule has 1 unspecified atom stereocenters. The molecule has 0 bridgehead atoms. The van der Waals surface area contributed by atoms with E-state index in [0.29, 0.717) is 5.56 Å². The van der Waals surface area contributed by atoms with E-state index in [-0.39, 0.29) is 17.9 Å². The summed E-state index contributed by atoms with van der Waals surface area (Å²) in [6.45, 7) is 0. The molecule has 1 aromatic rings. The number of hydrogen-bond acceptors (Lipinski definition) is 4. The fourth-order valence-corrected chi connectivity index (χ4v) is 1.10. The van der Waals surface area contributed by atoms with Gasteiger partial charge in [0.2, 0.25) is 0 Å². The zero-order chi connectivity index (χ0) is 10.7. The first-order chi connectivity index (χ1) is 6.52. The third kappa shape index (κ3) is 2.14. The lowest BCUT2D eigenvalue weighted by Crippen LogP contribution is -2.32. The Morgan fingerprint density at radius 3 is 2.71 bits per heavy atom. The molecule has 0 aliphatic heterocycles. The first kappa shape index (κ1) is 10.3. The molecule has 5 heteroatoms. The standard InChI is InChI=1S/C9H12N2O3/c10-6(9(13)14)4-5-2-1-3-7(12)8(5)11/h1-3,6,12H,4,10-11H2,(H,13,14). The van der Waals surface area contributed by atoms with Gasteiger partial charge in [-0.3, -0.25) is 4.79 Å². The van der Waals surface area contributed by atoms with Gasteiger partial charge in [-0.25, -0.2) is 0 Å². The van der Waals surface area contributed by atoms with Gasteiger partial charge in [-0.1, -0.05) is 12.1 Å². The van der Waals surface area contributed by atoms with Gasteiger partial charge in [-0.2, -0.15) is 0 Å². The predicted octanol–water partition coefficient (Wildman–Crippen LogP) is -0.0712. The number of aliphatic carboxylic acids is 1. The third-order valence-electron chi connectivity index (χ3n) is 1.93. The predicted molar refractivity (Wildman–Crippen MR) is 51.8 cm³/mol. The molecule has 0 aliphatic carbocycles. The molecule has 5 nitrogen and oxygen atoms in total. The van der Waals surface area contributed by atoms with Crippen LogP contribution in [0.2, 0.25) is 0 Å². The molecule has 0 fully saturated rings. The Labute approximate surface area is 81.0 Å². The number of carbonyl (C=O) groups is 1. The number of hydrogen-bond donors (Lipinski definition) is 4. The summed E-state index contributed by atoms with van der Waals surface area (Å²) in [6.07, 6.45) is 0.107. The zero-order valence-corrected chi connectivity index (χ0v) is 7.47. The van der Waals surface area contributed by atoms with Gasteiger partial charge >= 0.3 is 5.97 Å². The second-order valence-corrected chi connectivity index (χ2v) is 3.00. The van der Waals surface area contributed by atoms with Crippen LogP contribution < -0.4 is 11.5 Å². The molecule has 6 N–H and O–H groups in total. The smallest absolute Gasteiger partial charge is 0.320 e. The number of carboxylic acid groups (broad SMARTS) is 1. The third-order valence-corrected chi connectivity index (χ3v) is 1.93. The van der Waals surface area contributed by atoms with Crippen LogP contribution in [0.15, 0.2) is 18.2 Å². The molecule has 0 aliphatic rings. The van der Waals surface area contributed by atoms with E-state index in [0.717, 1.165) is 0 Å². The number of phenolic OH excluding ortho intramolecular Hbond substituents is 1. The molecular formula is C9H12N2O3. The summed E-state index contributed by atoms with van der Waals surface area (Å²) in [5, 5.41) is 17.8. The van der Waals surface area contributed by atoms with Crippen molar-refractivity contribution in [3.05, 3.63) is 23.8 Å². The SMILES string of the molecule is Nc1c(O)cccc1CC(N)C(=O)O. The summed E-state index contributed by atoms with van der Waals surface area (Å²) >= 11 is 0. The quantitative estimate of drug-likeness (QED) is 0.399. The van der Waals surface area contributed by atoms with Crippen molar-refractivity contribution in [1.82, 2.24) is 0 Å². The summed E-state index contributed by atoms with van der Waals surface area (Å²) in [5.41, 5.74) is 11.6. The maximum Gasteiger partial charge on any atom is 0.320 e. The Hall–Kier alpha value is -1.75. The Kier molecular flexibility index (Phi) is 2.93. The Balaban J connectivity index is 2.87. The number of phenols is 1. The van der Waals surface area contributed by atoms with Crippen molar-refractivity contribution in [3.63, 3.8) is 0 Å². The molecule has 76 valence electrons. The minimum absolute atomic E-state index is 0.0555. The second-order valence-electron chi connectivity index (χ2n) is 3.00. The lowest BCUT2D eigenvalue weighted by atomic mass is 10.0. The number of nitrogens with two attached hydrogens (primary N) is 2. The number of carboxylic acids is 1.